The van der Waals surface area contributed by atoms with E-state index in [2.05, 4.69) is 4.74 Å². The number of ether oxygens (including phenoxy) is 1. The van der Waals surface area contributed by atoms with E-state index in [1.165, 1.54) is 0 Å². The average Bonchev–Trinajstić information content (AvgIpc) is 2.11. The molecule has 3 nitrogen and oxygen atoms in total. The third-order valence-electron chi connectivity index (χ3n) is 1.67. The number of hydrogen-bond acceptors (Lipinski definition) is 2. The summed E-state index contributed by atoms with van der Waals surface area (Å²) in [6.45, 7) is 1.11. The Hall–Kier alpha value is -1.79. The summed E-state index contributed by atoms with van der Waals surface area (Å²) >= 11 is 0. The summed E-state index contributed by atoms with van der Waals surface area (Å²) in [5.74, 6) is -5.91. The first-order valence-corrected chi connectivity index (χ1v) is 4.00. The van der Waals surface area contributed by atoms with Crippen molar-refractivity contribution >= 4 is 5.97 Å². The summed E-state index contributed by atoms with van der Waals surface area (Å²) in [5, 5.41) is 8.07. The third kappa shape index (κ3) is 2.41. The van der Waals surface area contributed by atoms with E-state index in [1.807, 2.05) is 0 Å². The van der Waals surface area contributed by atoms with Crippen molar-refractivity contribution < 1.29 is 32.2 Å². The minimum Gasteiger partial charge on any atom is -0.474 e. The van der Waals surface area contributed by atoms with Crippen molar-refractivity contribution in [2.75, 3.05) is 0 Å². The fourth-order valence-electron chi connectivity index (χ4n) is 0.990. The second-order valence-electron chi connectivity index (χ2n) is 2.96. The summed E-state index contributed by atoms with van der Waals surface area (Å²) in [5.41, 5.74) is -0.265. The van der Waals surface area contributed by atoms with E-state index in [0.717, 1.165) is 13.0 Å². The lowest BCUT2D eigenvalue weighted by molar-refractivity contribution is -0.211. The monoisotopic (exact) mass is 238 g/mol. The van der Waals surface area contributed by atoms with Gasteiger partial charge in [0.25, 0.3) is 0 Å². The molecule has 1 aromatic carbocycles. The van der Waals surface area contributed by atoms with Gasteiger partial charge < -0.3 is 9.84 Å². The lowest BCUT2D eigenvalue weighted by Gasteiger charge is -2.15. The lowest BCUT2D eigenvalue weighted by Crippen LogP contribution is -2.35. The molecule has 1 aromatic rings. The number of aliphatic carboxylic acids is 1. The molecule has 16 heavy (non-hydrogen) atoms. The van der Waals surface area contributed by atoms with Gasteiger partial charge in [-0.3, -0.25) is 0 Å². The fraction of sp³-hybridized carbons (Fsp3) is 0.222. The molecule has 0 saturated heterocycles. The second-order valence-corrected chi connectivity index (χ2v) is 2.96. The summed E-state index contributed by atoms with van der Waals surface area (Å²) in [6.07, 6.45) is -4.57. The fourth-order valence-corrected chi connectivity index (χ4v) is 0.990. The topological polar surface area (TPSA) is 46.5 Å². The Morgan fingerprint density at radius 2 is 1.94 bits per heavy atom. The van der Waals surface area contributed by atoms with E-state index in [9.17, 15) is 22.4 Å². The first-order chi connectivity index (χ1) is 7.24. The van der Waals surface area contributed by atoms with Crippen LogP contribution in [0.2, 0.25) is 0 Å². The van der Waals surface area contributed by atoms with Crippen LogP contribution in [-0.4, -0.2) is 17.2 Å². The number of aryl methyl sites for hydroxylation is 1. The third-order valence-corrected chi connectivity index (χ3v) is 1.67. The number of carboxylic acids is 1. The Kier molecular flexibility index (Phi) is 3.06. The number of benzene rings is 1. The summed E-state index contributed by atoms with van der Waals surface area (Å²) in [4.78, 5) is 10.0. The van der Waals surface area contributed by atoms with Crippen LogP contribution in [0.4, 0.5) is 17.6 Å². The second kappa shape index (κ2) is 3.99. The van der Waals surface area contributed by atoms with Gasteiger partial charge in [-0.2, -0.15) is 8.78 Å². The first kappa shape index (κ1) is 12.3. The molecule has 0 amide bonds. The van der Waals surface area contributed by atoms with Crippen LogP contribution in [-0.2, 0) is 4.79 Å². The zero-order chi connectivity index (χ0) is 12.5. The van der Waals surface area contributed by atoms with E-state index in [-0.39, 0.29) is 5.56 Å². The van der Waals surface area contributed by atoms with E-state index in [1.54, 1.807) is 0 Å². The average molecular weight is 238 g/mol. The van der Waals surface area contributed by atoms with Gasteiger partial charge in [0.05, 0.1) is 0 Å². The van der Waals surface area contributed by atoms with Crippen LogP contribution >= 0.6 is 0 Å². The highest BCUT2D eigenvalue weighted by atomic mass is 19.3. The first-order valence-electron chi connectivity index (χ1n) is 4.00. The summed E-state index contributed by atoms with van der Waals surface area (Å²) in [6, 6.07) is 1.07. The van der Waals surface area contributed by atoms with Crippen molar-refractivity contribution in [2.45, 2.75) is 13.0 Å². The number of carbonyl (C=O) groups is 1. The Labute approximate surface area is 87.3 Å². The molecule has 88 valence electrons. The lowest BCUT2D eigenvalue weighted by atomic mass is 10.2. The van der Waals surface area contributed by atoms with Gasteiger partial charge in [0.1, 0.15) is 5.82 Å². The molecule has 0 bridgehead atoms. The van der Waals surface area contributed by atoms with Gasteiger partial charge in [-0.15, -0.1) is 0 Å². The highest BCUT2D eigenvalue weighted by Gasteiger charge is 2.43. The Morgan fingerprint density at radius 1 is 1.38 bits per heavy atom. The van der Waals surface area contributed by atoms with Gasteiger partial charge in [0, 0.05) is 6.07 Å². The predicted molar refractivity (Wildman–Crippen MR) is 44.3 cm³/mol. The van der Waals surface area contributed by atoms with Crippen molar-refractivity contribution in [2.24, 2.45) is 0 Å². The normalized spacial score (nSPS) is 11.3. The number of alkyl halides is 2. The van der Waals surface area contributed by atoms with Crippen LogP contribution in [0.25, 0.3) is 0 Å². The molecule has 1 N–H and O–H groups in total. The predicted octanol–water partition coefficient (Wildman–Crippen LogP) is 2.33. The molecule has 0 aliphatic rings. The molecule has 0 fully saturated rings. The number of carboxylic acid groups (broad SMARTS) is 1. The maximum Gasteiger partial charge on any atom is 0.502 e. The largest absolute Gasteiger partial charge is 0.502 e. The molecule has 0 aromatic heterocycles. The highest BCUT2D eigenvalue weighted by molar-refractivity contribution is 5.74. The van der Waals surface area contributed by atoms with Gasteiger partial charge >= 0.3 is 12.1 Å². The van der Waals surface area contributed by atoms with E-state index in [0.29, 0.717) is 6.07 Å². The van der Waals surface area contributed by atoms with Crippen molar-refractivity contribution in [3.8, 4) is 5.75 Å². The molecule has 0 heterocycles. The van der Waals surface area contributed by atoms with Crippen molar-refractivity contribution in [3.63, 3.8) is 0 Å². The number of rotatable bonds is 3. The van der Waals surface area contributed by atoms with Gasteiger partial charge in [-0.1, -0.05) is 0 Å². The number of hydrogen-bond donors (Lipinski definition) is 1. The molecule has 7 heteroatoms. The van der Waals surface area contributed by atoms with E-state index >= 15 is 0 Å². The minimum absolute atomic E-state index is 0.265. The SMILES string of the molecule is Cc1cc(F)cc(F)c1OC(F)(F)C(=O)O. The van der Waals surface area contributed by atoms with Gasteiger partial charge in [-0.25, -0.2) is 13.6 Å². The molecule has 1 rings (SSSR count). The van der Waals surface area contributed by atoms with Crippen LogP contribution < -0.4 is 4.74 Å². The van der Waals surface area contributed by atoms with Crippen molar-refractivity contribution in [1.82, 2.24) is 0 Å². The van der Waals surface area contributed by atoms with E-state index in [4.69, 9.17) is 5.11 Å². The summed E-state index contributed by atoms with van der Waals surface area (Å²) < 4.78 is 54.5. The molecule has 0 saturated carbocycles. The van der Waals surface area contributed by atoms with Crippen molar-refractivity contribution in [3.05, 3.63) is 29.3 Å². The van der Waals surface area contributed by atoms with Crippen LogP contribution in [0.5, 0.6) is 5.75 Å². The van der Waals surface area contributed by atoms with Gasteiger partial charge in [0.2, 0.25) is 0 Å². The molecule has 0 unspecified atom stereocenters. The maximum absolute atomic E-state index is 13.0. The molecular formula is C9H6F4O3. The molecule has 0 spiro atoms. The van der Waals surface area contributed by atoms with Gasteiger partial charge in [0.15, 0.2) is 11.6 Å². The van der Waals surface area contributed by atoms with Crippen LogP contribution in [0.1, 0.15) is 5.56 Å². The Balaban J connectivity index is 3.11. The van der Waals surface area contributed by atoms with Crippen LogP contribution in [0.3, 0.4) is 0 Å². The van der Waals surface area contributed by atoms with E-state index < -0.39 is 29.5 Å². The Morgan fingerprint density at radius 3 is 2.38 bits per heavy atom. The standard InChI is InChI=1S/C9H6F4O3/c1-4-2-5(10)3-6(11)7(4)16-9(12,13)8(14)15/h2-3H,1H3,(H,14,15). The quantitative estimate of drug-likeness (QED) is 0.822. The minimum atomic E-state index is -4.57. The molecule has 0 atom stereocenters. The zero-order valence-electron chi connectivity index (χ0n) is 7.93. The number of halogens is 4. The van der Waals surface area contributed by atoms with Gasteiger partial charge in [-0.05, 0) is 18.6 Å². The molecular weight excluding hydrogens is 232 g/mol. The molecule has 0 aliphatic heterocycles. The Bertz CT molecular complexity index is 408. The smallest absolute Gasteiger partial charge is 0.474 e. The molecule has 0 aliphatic carbocycles. The maximum atomic E-state index is 13.0. The van der Waals surface area contributed by atoms with Crippen molar-refractivity contribution in [1.29, 1.82) is 0 Å². The summed E-state index contributed by atoms with van der Waals surface area (Å²) in [7, 11) is 0. The molecule has 0 radical (unpaired) electrons. The highest BCUT2D eigenvalue weighted by Crippen LogP contribution is 2.29. The van der Waals surface area contributed by atoms with Crippen LogP contribution in [0.15, 0.2) is 12.1 Å². The zero-order valence-corrected chi connectivity index (χ0v) is 7.93. The van der Waals surface area contributed by atoms with Crippen LogP contribution in [0, 0.1) is 18.6 Å².